The zero-order chi connectivity index (χ0) is 18.1. The molecule has 0 aliphatic heterocycles. The van der Waals surface area contributed by atoms with Gasteiger partial charge in [-0.05, 0) is 13.0 Å². The highest BCUT2D eigenvalue weighted by molar-refractivity contribution is 7.99. The van der Waals surface area contributed by atoms with Crippen molar-refractivity contribution in [1.29, 1.82) is 10.7 Å². The molecule has 0 bridgehead atoms. The summed E-state index contributed by atoms with van der Waals surface area (Å²) >= 11 is 6.61. The number of nitriles is 1. The Morgan fingerprint density at radius 2 is 2.21 bits per heavy atom. The molecule has 0 spiro atoms. The lowest BCUT2D eigenvalue weighted by molar-refractivity contribution is -0.137. The third-order valence-corrected chi connectivity index (χ3v) is 4.23. The van der Waals surface area contributed by atoms with Gasteiger partial charge in [-0.2, -0.15) is 18.4 Å². The molecule has 0 saturated heterocycles. The largest absolute Gasteiger partial charge is 0.417 e. The molecule has 1 atom stereocenters. The van der Waals surface area contributed by atoms with Crippen molar-refractivity contribution in [2.75, 3.05) is 5.75 Å². The number of thioether (sulfide) groups is 1. The minimum absolute atomic E-state index is 0.0275. The number of fused-ring (bicyclic) bond motifs is 1. The summed E-state index contributed by atoms with van der Waals surface area (Å²) in [7, 11) is 0. The molecule has 6 nitrogen and oxygen atoms in total. The zero-order valence-electron chi connectivity index (χ0n) is 12.1. The standard InChI is InChI=1S/C13H9ClF3N5OS/c1-6(19)8(3-18)10(23)5-24-12-21-20-11-9(14)2-7(4-22(11)12)13(15,16)17/h2,4,8,19H,5H2,1H3. The van der Waals surface area contributed by atoms with Gasteiger partial charge >= 0.3 is 6.18 Å². The molecule has 24 heavy (non-hydrogen) atoms. The molecule has 0 saturated carbocycles. The van der Waals surface area contributed by atoms with Crippen LogP contribution in [0.25, 0.3) is 5.65 Å². The number of rotatable bonds is 5. The zero-order valence-corrected chi connectivity index (χ0v) is 13.6. The van der Waals surface area contributed by atoms with Crippen molar-refractivity contribution in [3.8, 4) is 6.07 Å². The molecular formula is C13H9ClF3N5OS. The highest BCUT2D eigenvalue weighted by Crippen LogP contribution is 2.33. The summed E-state index contributed by atoms with van der Waals surface area (Å²) in [5.41, 5.74) is -1.05. The van der Waals surface area contributed by atoms with Gasteiger partial charge in [0.05, 0.1) is 22.4 Å². The molecule has 11 heteroatoms. The van der Waals surface area contributed by atoms with Crippen LogP contribution < -0.4 is 0 Å². The number of alkyl halides is 3. The fraction of sp³-hybridized carbons (Fsp3) is 0.308. The van der Waals surface area contributed by atoms with Gasteiger partial charge in [-0.1, -0.05) is 23.4 Å². The predicted molar refractivity (Wildman–Crippen MR) is 81.2 cm³/mol. The van der Waals surface area contributed by atoms with E-state index in [0.717, 1.165) is 28.4 Å². The van der Waals surface area contributed by atoms with Crippen molar-refractivity contribution < 1.29 is 18.0 Å². The summed E-state index contributed by atoms with van der Waals surface area (Å²) in [5.74, 6) is -1.96. The van der Waals surface area contributed by atoms with Gasteiger partial charge in [0.2, 0.25) is 0 Å². The molecule has 126 valence electrons. The third-order valence-electron chi connectivity index (χ3n) is 2.98. The number of halogens is 4. The molecule has 0 radical (unpaired) electrons. The third kappa shape index (κ3) is 3.68. The van der Waals surface area contributed by atoms with Gasteiger partial charge in [-0.3, -0.25) is 9.20 Å². The van der Waals surface area contributed by atoms with Gasteiger partial charge in [0.1, 0.15) is 5.92 Å². The molecule has 2 aromatic rings. The molecule has 2 rings (SSSR count). The van der Waals surface area contributed by atoms with Crippen LogP contribution in [0.15, 0.2) is 17.4 Å². The summed E-state index contributed by atoms with van der Waals surface area (Å²) in [6, 6.07) is 2.45. The summed E-state index contributed by atoms with van der Waals surface area (Å²) in [6.07, 6.45) is -3.80. The first-order valence-electron chi connectivity index (χ1n) is 6.36. The van der Waals surface area contributed by atoms with Gasteiger partial charge in [-0.15, -0.1) is 10.2 Å². The fourth-order valence-electron chi connectivity index (χ4n) is 1.82. The second-order valence-electron chi connectivity index (χ2n) is 4.75. The molecule has 2 heterocycles. The van der Waals surface area contributed by atoms with Gasteiger partial charge in [0, 0.05) is 11.9 Å². The first kappa shape index (κ1) is 18.2. The predicted octanol–water partition coefficient (Wildman–Crippen LogP) is 3.24. The Morgan fingerprint density at radius 1 is 1.54 bits per heavy atom. The number of carbonyl (C=O) groups is 1. The molecule has 0 fully saturated rings. The van der Waals surface area contributed by atoms with Crippen LogP contribution in [0.2, 0.25) is 5.02 Å². The van der Waals surface area contributed by atoms with E-state index in [-0.39, 0.29) is 27.3 Å². The first-order valence-corrected chi connectivity index (χ1v) is 7.73. The van der Waals surface area contributed by atoms with E-state index in [9.17, 15) is 18.0 Å². The SMILES string of the molecule is CC(=N)C(C#N)C(=O)CSc1nnc2c(Cl)cc(C(F)(F)F)cn12. The number of pyridine rings is 1. The van der Waals surface area contributed by atoms with Gasteiger partial charge in [-0.25, -0.2) is 0 Å². The fourth-order valence-corrected chi connectivity index (χ4v) is 2.88. The molecular weight excluding hydrogens is 367 g/mol. The van der Waals surface area contributed by atoms with Crippen LogP contribution in [0.4, 0.5) is 13.2 Å². The quantitative estimate of drug-likeness (QED) is 0.639. The average molecular weight is 376 g/mol. The van der Waals surface area contributed by atoms with E-state index in [0.29, 0.717) is 0 Å². The smallest absolute Gasteiger partial charge is 0.308 e. The van der Waals surface area contributed by atoms with Crippen molar-refractivity contribution in [1.82, 2.24) is 14.6 Å². The van der Waals surface area contributed by atoms with Crippen molar-refractivity contribution in [2.24, 2.45) is 5.92 Å². The van der Waals surface area contributed by atoms with E-state index in [1.54, 1.807) is 6.07 Å². The van der Waals surface area contributed by atoms with Crippen molar-refractivity contribution in [3.05, 3.63) is 22.8 Å². The van der Waals surface area contributed by atoms with E-state index in [2.05, 4.69) is 10.2 Å². The van der Waals surface area contributed by atoms with Gasteiger partial charge in [0.25, 0.3) is 0 Å². The second kappa shape index (κ2) is 6.78. The summed E-state index contributed by atoms with van der Waals surface area (Å²) in [4.78, 5) is 11.9. The first-order chi connectivity index (χ1) is 11.1. The number of carbonyl (C=O) groups excluding carboxylic acids is 1. The number of hydrogen-bond acceptors (Lipinski definition) is 6. The number of hydrogen-bond donors (Lipinski definition) is 1. The maximum atomic E-state index is 12.9. The molecule has 1 N–H and O–H groups in total. The van der Waals surface area contributed by atoms with Crippen LogP contribution >= 0.6 is 23.4 Å². The summed E-state index contributed by atoms with van der Waals surface area (Å²) < 4.78 is 39.6. The second-order valence-corrected chi connectivity index (χ2v) is 6.10. The van der Waals surface area contributed by atoms with E-state index >= 15 is 0 Å². The lowest BCUT2D eigenvalue weighted by atomic mass is 10.0. The Labute approximate surface area is 143 Å². The maximum Gasteiger partial charge on any atom is 0.417 e. The normalized spacial score (nSPS) is 12.8. The van der Waals surface area contributed by atoms with Gasteiger partial charge in [0.15, 0.2) is 16.6 Å². The van der Waals surface area contributed by atoms with Gasteiger partial charge < -0.3 is 5.41 Å². The van der Waals surface area contributed by atoms with E-state index < -0.39 is 23.4 Å². The Hall–Kier alpha value is -2.12. The number of ketones is 1. The summed E-state index contributed by atoms with van der Waals surface area (Å²) in [6.45, 7) is 1.33. The highest BCUT2D eigenvalue weighted by atomic mass is 35.5. The van der Waals surface area contributed by atoms with Crippen molar-refractivity contribution in [2.45, 2.75) is 18.3 Å². The van der Waals surface area contributed by atoms with E-state index in [4.69, 9.17) is 22.3 Å². The maximum absolute atomic E-state index is 12.9. The van der Waals surface area contributed by atoms with E-state index in [1.165, 1.54) is 6.92 Å². The molecule has 0 aliphatic rings. The van der Waals surface area contributed by atoms with Crippen molar-refractivity contribution in [3.63, 3.8) is 0 Å². The lowest BCUT2D eigenvalue weighted by Gasteiger charge is -2.09. The number of Topliss-reactive ketones (excluding diaryl/α,β-unsaturated/α-hetero) is 1. The molecule has 1 unspecified atom stereocenters. The monoisotopic (exact) mass is 375 g/mol. The molecule has 0 aliphatic carbocycles. The van der Waals surface area contributed by atoms with Crippen LogP contribution in [-0.4, -0.2) is 31.8 Å². The van der Waals surface area contributed by atoms with Crippen LogP contribution in [-0.2, 0) is 11.0 Å². The molecule has 0 aromatic carbocycles. The minimum atomic E-state index is -4.59. The Balaban J connectivity index is 2.31. The molecule has 0 amide bonds. The Morgan fingerprint density at radius 3 is 2.75 bits per heavy atom. The van der Waals surface area contributed by atoms with Crippen LogP contribution in [0, 0.1) is 22.7 Å². The van der Waals surface area contributed by atoms with Crippen LogP contribution in [0.1, 0.15) is 12.5 Å². The number of nitrogens with one attached hydrogen (secondary N) is 1. The number of aromatic nitrogens is 3. The van der Waals surface area contributed by atoms with Crippen LogP contribution in [0.5, 0.6) is 0 Å². The lowest BCUT2D eigenvalue weighted by Crippen LogP contribution is -2.21. The number of nitrogens with zero attached hydrogens (tertiary/aromatic N) is 4. The average Bonchev–Trinajstić information content (AvgIpc) is 2.88. The molecule has 2 aromatic heterocycles. The minimum Gasteiger partial charge on any atom is -0.308 e. The topological polar surface area (TPSA) is 94.9 Å². The Kier molecular flexibility index (Phi) is 5.15. The van der Waals surface area contributed by atoms with Crippen molar-refractivity contribution >= 4 is 40.5 Å². The van der Waals surface area contributed by atoms with E-state index in [1.807, 2.05) is 0 Å². The Bertz CT molecular complexity index is 858. The highest BCUT2D eigenvalue weighted by Gasteiger charge is 2.32. The van der Waals surface area contributed by atoms with Crippen LogP contribution in [0.3, 0.4) is 0 Å². The summed E-state index contributed by atoms with van der Waals surface area (Å²) in [5, 5.41) is 23.4.